The van der Waals surface area contributed by atoms with Crippen molar-refractivity contribution in [3.05, 3.63) is 17.5 Å². The Balaban J connectivity index is 2.25. The molecular formula is C14H22N4O2. The van der Waals surface area contributed by atoms with Gasteiger partial charge in [0.05, 0.1) is 17.9 Å². The highest BCUT2D eigenvalue weighted by Gasteiger charge is 2.39. The zero-order valence-corrected chi connectivity index (χ0v) is 12.7. The molecule has 1 saturated heterocycles. The third-order valence-corrected chi connectivity index (χ3v) is 3.79. The first kappa shape index (κ1) is 14.6. The van der Waals surface area contributed by atoms with Crippen LogP contribution >= 0.6 is 0 Å². The predicted molar refractivity (Wildman–Crippen MR) is 74.7 cm³/mol. The number of rotatable bonds is 3. The van der Waals surface area contributed by atoms with Crippen molar-refractivity contribution in [3.8, 4) is 0 Å². The van der Waals surface area contributed by atoms with Crippen LogP contribution in [0.1, 0.15) is 32.2 Å². The monoisotopic (exact) mass is 278 g/mol. The van der Waals surface area contributed by atoms with E-state index in [1.165, 1.54) is 0 Å². The minimum Gasteiger partial charge on any atom is -0.342 e. The molecule has 1 aromatic rings. The van der Waals surface area contributed by atoms with Crippen LogP contribution in [0.25, 0.3) is 0 Å². The average Bonchev–Trinajstić information content (AvgIpc) is 2.67. The zero-order valence-electron chi connectivity index (χ0n) is 12.7. The van der Waals surface area contributed by atoms with Gasteiger partial charge in [0, 0.05) is 7.05 Å². The summed E-state index contributed by atoms with van der Waals surface area (Å²) in [5.41, 5.74) is 1.84. The van der Waals surface area contributed by atoms with Gasteiger partial charge in [-0.3, -0.25) is 14.3 Å². The fraction of sp³-hybridized carbons (Fsp3) is 0.643. The van der Waals surface area contributed by atoms with E-state index in [9.17, 15) is 9.59 Å². The van der Waals surface area contributed by atoms with Crippen LogP contribution in [0.15, 0.2) is 6.07 Å². The Hall–Kier alpha value is -1.85. The Morgan fingerprint density at radius 3 is 2.55 bits per heavy atom. The van der Waals surface area contributed by atoms with Gasteiger partial charge in [-0.25, -0.2) is 0 Å². The summed E-state index contributed by atoms with van der Waals surface area (Å²) in [5, 5.41) is 7.08. The molecule has 1 aliphatic rings. The summed E-state index contributed by atoms with van der Waals surface area (Å²) in [4.78, 5) is 26.2. The molecule has 1 fully saturated rings. The van der Waals surface area contributed by atoms with Gasteiger partial charge in [-0.15, -0.1) is 0 Å². The Labute approximate surface area is 119 Å². The van der Waals surface area contributed by atoms with E-state index in [1.807, 2.05) is 33.9 Å². The minimum atomic E-state index is -0.451. The molecule has 0 bridgehead atoms. The second kappa shape index (κ2) is 5.26. The second-order valence-corrected chi connectivity index (χ2v) is 5.77. The lowest BCUT2D eigenvalue weighted by Crippen LogP contribution is -2.63. The third kappa shape index (κ3) is 2.55. The molecule has 0 aromatic carbocycles. The third-order valence-electron chi connectivity index (χ3n) is 3.79. The van der Waals surface area contributed by atoms with E-state index in [0.29, 0.717) is 6.54 Å². The lowest BCUT2D eigenvalue weighted by atomic mass is 9.98. The number of aryl methyl sites for hydroxylation is 2. The average molecular weight is 278 g/mol. The van der Waals surface area contributed by atoms with Crippen molar-refractivity contribution in [3.63, 3.8) is 0 Å². The molecule has 2 rings (SSSR count). The highest BCUT2D eigenvalue weighted by atomic mass is 16.2. The van der Waals surface area contributed by atoms with Crippen LogP contribution in [-0.2, 0) is 23.2 Å². The maximum atomic E-state index is 12.5. The SMILES string of the molecule is Cc1cc(CN2C(=O)C(C(C)C)NC(=O)C2C)n(C)n1. The number of nitrogens with one attached hydrogen (secondary N) is 1. The van der Waals surface area contributed by atoms with E-state index in [0.717, 1.165) is 11.4 Å². The highest BCUT2D eigenvalue weighted by molar-refractivity contribution is 5.96. The normalized spacial score (nSPS) is 23.4. The molecule has 2 unspecified atom stereocenters. The van der Waals surface area contributed by atoms with Crippen LogP contribution < -0.4 is 5.32 Å². The summed E-state index contributed by atoms with van der Waals surface area (Å²) < 4.78 is 1.76. The first-order chi connectivity index (χ1) is 9.31. The molecule has 2 amide bonds. The molecule has 0 radical (unpaired) electrons. The van der Waals surface area contributed by atoms with Gasteiger partial charge in [-0.05, 0) is 25.8 Å². The van der Waals surface area contributed by atoms with Crippen molar-refractivity contribution in [2.45, 2.75) is 46.3 Å². The lowest BCUT2D eigenvalue weighted by Gasteiger charge is -2.38. The number of hydrogen-bond acceptors (Lipinski definition) is 3. The molecular weight excluding hydrogens is 256 g/mol. The summed E-state index contributed by atoms with van der Waals surface area (Å²) in [7, 11) is 1.85. The van der Waals surface area contributed by atoms with Gasteiger partial charge in [0.25, 0.3) is 0 Å². The van der Waals surface area contributed by atoms with E-state index in [1.54, 1.807) is 16.5 Å². The fourth-order valence-electron chi connectivity index (χ4n) is 2.50. The zero-order chi connectivity index (χ0) is 15.0. The summed E-state index contributed by atoms with van der Waals surface area (Å²) in [6.45, 7) is 7.95. The molecule has 20 heavy (non-hydrogen) atoms. The molecule has 2 atom stereocenters. The van der Waals surface area contributed by atoms with Crippen LogP contribution in [0.5, 0.6) is 0 Å². The van der Waals surface area contributed by atoms with Crippen LogP contribution in [-0.4, -0.2) is 38.6 Å². The topological polar surface area (TPSA) is 67.2 Å². The van der Waals surface area contributed by atoms with E-state index in [4.69, 9.17) is 0 Å². The Bertz CT molecular complexity index is 535. The first-order valence-corrected chi connectivity index (χ1v) is 6.91. The quantitative estimate of drug-likeness (QED) is 0.880. The number of piperazine rings is 1. The van der Waals surface area contributed by atoms with Gasteiger partial charge in [0.15, 0.2) is 0 Å². The van der Waals surface area contributed by atoms with Crippen LogP contribution in [0.3, 0.4) is 0 Å². The largest absolute Gasteiger partial charge is 0.342 e. The van der Waals surface area contributed by atoms with Crippen molar-refractivity contribution in [2.75, 3.05) is 0 Å². The molecule has 1 aliphatic heterocycles. The summed E-state index contributed by atoms with van der Waals surface area (Å²) in [5.74, 6) is -0.0390. The number of nitrogens with zero attached hydrogens (tertiary/aromatic N) is 3. The van der Waals surface area contributed by atoms with Gasteiger partial charge in [0.2, 0.25) is 11.8 Å². The number of amides is 2. The highest BCUT2D eigenvalue weighted by Crippen LogP contribution is 2.18. The van der Waals surface area contributed by atoms with Crippen molar-refractivity contribution in [1.82, 2.24) is 20.0 Å². The number of hydrogen-bond donors (Lipinski definition) is 1. The molecule has 2 heterocycles. The summed E-state index contributed by atoms with van der Waals surface area (Å²) in [6.07, 6.45) is 0. The lowest BCUT2D eigenvalue weighted by molar-refractivity contribution is -0.150. The molecule has 0 saturated carbocycles. The smallest absolute Gasteiger partial charge is 0.246 e. The van der Waals surface area contributed by atoms with E-state index >= 15 is 0 Å². The van der Waals surface area contributed by atoms with Crippen molar-refractivity contribution in [2.24, 2.45) is 13.0 Å². The van der Waals surface area contributed by atoms with Crippen LogP contribution in [0, 0.1) is 12.8 Å². The molecule has 6 nitrogen and oxygen atoms in total. The standard InChI is InChI=1S/C14H22N4O2/c1-8(2)12-14(20)18(10(4)13(19)15-12)7-11-6-9(3)16-17(11)5/h6,8,10,12H,7H2,1-5H3,(H,15,19). The molecule has 0 spiro atoms. The number of carbonyl (C=O) groups is 2. The predicted octanol–water partition coefficient (Wildman–Crippen LogP) is 0.600. The van der Waals surface area contributed by atoms with Crippen LogP contribution in [0.4, 0.5) is 0 Å². The van der Waals surface area contributed by atoms with E-state index < -0.39 is 12.1 Å². The Kier molecular flexibility index (Phi) is 3.83. The number of aromatic nitrogens is 2. The van der Waals surface area contributed by atoms with Gasteiger partial charge >= 0.3 is 0 Å². The maximum Gasteiger partial charge on any atom is 0.246 e. The van der Waals surface area contributed by atoms with Crippen molar-refractivity contribution < 1.29 is 9.59 Å². The van der Waals surface area contributed by atoms with E-state index in [-0.39, 0.29) is 17.7 Å². The van der Waals surface area contributed by atoms with E-state index in [2.05, 4.69) is 10.4 Å². The minimum absolute atomic E-state index is 0.0223. The number of carbonyl (C=O) groups excluding carboxylic acids is 2. The van der Waals surface area contributed by atoms with Gasteiger partial charge in [-0.2, -0.15) is 5.10 Å². The fourth-order valence-corrected chi connectivity index (χ4v) is 2.50. The second-order valence-electron chi connectivity index (χ2n) is 5.77. The first-order valence-electron chi connectivity index (χ1n) is 6.91. The van der Waals surface area contributed by atoms with Gasteiger partial charge in [0.1, 0.15) is 12.1 Å². The molecule has 110 valence electrons. The Morgan fingerprint density at radius 2 is 2.05 bits per heavy atom. The van der Waals surface area contributed by atoms with Crippen molar-refractivity contribution >= 4 is 11.8 Å². The summed E-state index contributed by atoms with van der Waals surface area (Å²) in [6, 6.07) is 1.05. The van der Waals surface area contributed by atoms with Gasteiger partial charge < -0.3 is 10.2 Å². The molecule has 6 heteroatoms. The molecule has 1 N–H and O–H groups in total. The van der Waals surface area contributed by atoms with Gasteiger partial charge in [-0.1, -0.05) is 13.8 Å². The van der Waals surface area contributed by atoms with Crippen molar-refractivity contribution in [1.29, 1.82) is 0 Å². The maximum absolute atomic E-state index is 12.5. The van der Waals surface area contributed by atoms with Crippen LogP contribution in [0.2, 0.25) is 0 Å². The summed E-state index contributed by atoms with van der Waals surface area (Å²) >= 11 is 0. The molecule has 1 aromatic heterocycles. The molecule has 0 aliphatic carbocycles. The Morgan fingerprint density at radius 1 is 1.40 bits per heavy atom.